The van der Waals surface area contributed by atoms with Gasteiger partial charge in [-0.3, -0.25) is 9.82 Å². The number of sulfonamides is 1. The van der Waals surface area contributed by atoms with Gasteiger partial charge < -0.3 is 5.11 Å². The fourth-order valence-corrected chi connectivity index (χ4v) is 4.05. The molecule has 0 saturated carbocycles. The summed E-state index contributed by atoms with van der Waals surface area (Å²) in [6.07, 6.45) is 1.36. The van der Waals surface area contributed by atoms with E-state index in [-0.39, 0.29) is 10.6 Å². The van der Waals surface area contributed by atoms with Crippen molar-refractivity contribution < 1.29 is 13.5 Å². The highest BCUT2D eigenvalue weighted by atomic mass is 32.2. The molecule has 25 heavy (non-hydrogen) atoms. The largest absolute Gasteiger partial charge is 0.506 e. The van der Waals surface area contributed by atoms with E-state index < -0.39 is 10.0 Å². The summed E-state index contributed by atoms with van der Waals surface area (Å²) in [6.45, 7) is 3.59. The molecule has 0 aliphatic heterocycles. The fourth-order valence-electron chi connectivity index (χ4n) is 2.16. The van der Waals surface area contributed by atoms with Gasteiger partial charge in [0.05, 0.1) is 15.5 Å². The van der Waals surface area contributed by atoms with Crippen molar-refractivity contribution in [1.29, 1.82) is 0 Å². The van der Waals surface area contributed by atoms with Crippen molar-refractivity contribution in [2.75, 3.05) is 4.72 Å². The van der Waals surface area contributed by atoms with Crippen molar-refractivity contribution in [1.82, 2.24) is 15.2 Å². The molecule has 3 aromatic rings. The second-order valence-corrected chi connectivity index (χ2v) is 8.16. The van der Waals surface area contributed by atoms with Gasteiger partial charge in [0, 0.05) is 0 Å². The highest BCUT2D eigenvalue weighted by Crippen LogP contribution is 2.37. The third-order valence-corrected chi connectivity index (χ3v) is 5.77. The maximum Gasteiger partial charge on any atom is 0.261 e. The summed E-state index contributed by atoms with van der Waals surface area (Å²) in [5.41, 5.74) is 1.88. The smallest absolute Gasteiger partial charge is 0.261 e. The van der Waals surface area contributed by atoms with Crippen molar-refractivity contribution in [2.24, 2.45) is 0 Å². The monoisotopic (exact) mass is 376 g/mol. The number of aromatic hydroxyl groups is 1. The molecule has 0 aliphatic carbocycles. The molecule has 130 valence electrons. The minimum Gasteiger partial charge on any atom is -0.506 e. The lowest BCUT2D eigenvalue weighted by atomic mass is 10.2. The van der Waals surface area contributed by atoms with Gasteiger partial charge in [-0.25, -0.2) is 13.4 Å². The molecule has 0 fully saturated rings. The van der Waals surface area contributed by atoms with Crippen LogP contribution in [0.2, 0.25) is 0 Å². The lowest BCUT2D eigenvalue weighted by Crippen LogP contribution is -2.13. The Balaban J connectivity index is 1.92. The highest BCUT2D eigenvalue weighted by Gasteiger charge is 2.17. The second kappa shape index (κ2) is 6.77. The first-order valence-corrected chi connectivity index (χ1v) is 9.61. The second-order valence-electron chi connectivity index (χ2n) is 5.45. The predicted octanol–water partition coefficient (Wildman–Crippen LogP) is 3.08. The van der Waals surface area contributed by atoms with E-state index in [9.17, 15) is 13.5 Å². The first-order chi connectivity index (χ1) is 11.8. The van der Waals surface area contributed by atoms with Crippen LogP contribution in [0.4, 0.5) is 5.69 Å². The summed E-state index contributed by atoms with van der Waals surface area (Å²) in [6, 6.07) is 9.71. The zero-order chi connectivity index (χ0) is 18.0. The molecular formula is C16H16N4O3S2. The minimum absolute atomic E-state index is 0.0692. The van der Waals surface area contributed by atoms with Gasteiger partial charge in [-0.05, 0) is 55.4 Å². The van der Waals surface area contributed by atoms with Gasteiger partial charge in [0.25, 0.3) is 10.0 Å². The van der Waals surface area contributed by atoms with Crippen molar-refractivity contribution >= 4 is 27.5 Å². The molecule has 0 atom stereocenters. The fraction of sp³-hybridized carbons (Fsp3) is 0.125. The standard InChI is InChI=1S/C16H16N4O3S2/c1-10-3-5-13(6-4-10)25(22,23)20-12-7-11(2)15(21)14(8-12)24-16-17-9-18-19-16/h3-9,20-21H,1-2H3,(H,17,18,19). The Hall–Kier alpha value is -2.52. The van der Waals surface area contributed by atoms with Crippen molar-refractivity contribution in [3.63, 3.8) is 0 Å². The molecule has 0 spiro atoms. The molecule has 3 N–H and O–H groups in total. The van der Waals surface area contributed by atoms with Gasteiger partial charge in [-0.2, -0.15) is 5.10 Å². The predicted molar refractivity (Wildman–Crippen MR) is 95.3 cm³/mol. The normalized spacial score (nSPS) is 11.4. The molecule has 0 bridgehead atoms. The van der Waals surface area contributed by atoms with Crippen LogP contribution in [0.5, 0.6) is 5.75 Å². The molecule has 0 saturated heterocycles. The van der Waals surface area contributed by atoms with Gasteiger partial charge in [-0.1, -0.05) is 17.7 Å². The van der Waals surface area contributed by atoms with Crippen LogP contribution in [-0.4, -0.2) is 28.7 Å². The molecule has 0 aliphatic rings. The number of hydrogen-bond acceptors (Lipinski definition) is 6. The molecule has 1 aromatic heterocycles. The number of phenols is 1. The number of benzene rings is 2. The molecule has 0 amide bonds. The summed E-state index contributed by atoms with van der Waals surface area (Å²) < 4.78 is 27.6. The Kier molecular flexibility index (Phi) is 4.69. The van der Waals surface area contributed by atoms with Crippen LogP contribution >= 0.6 is 11.8 Å². The number of H-pyrrole nitrogens is 1. The lowest BCUT2D eigenvalue weighted by molar-refractivity contribution is 0.458. The molecule has 1 heterocycles. The zero-order valence-electron chi connectivity index (χ0n) is 13.5. The summed E-state index contributed by atoms with van der Waals surface area (Å²) in [5.74, 6) is 0.0692. The molecule has 0 unspecified atom stereocenters. The summed E-state index contributed by atoms with van der Waals surface area (Å²) in [5, 5.41) is 17.1. The number of rotatable bonds is 5. The number of nitrogens with zero attached hydrogens (tertiary/aromatic N) is 2. The first kappa shape index (κ1) is 17.3. The SMILES string of the molecule is Cc1ccc(S(=O)(=O)Nc2cc(C)c(O)c(Sc3ncn[nH]3)c2)cc1. The van der Waals surface area contributed by atoms with Gasteiger partial charge in [0.2, 0.25) is 0 Å². The third-order valence-electron chi connectivity index (χ3n) is 3.45. The van der Waals surface area contributed by atoms with Gasteiger partial charge >= 0.3 is 0 Å². The van der Waals surface area contributed by atoms with E-state index in [0.29, 0.717) is 21.3 Å². The van der Waals surface area contributed by atoms with Crippen molar-refractivity contribution in [3.8, 4) is 5.75 Å². The average Bonchev–Trinajstić information content (AvgIpc) is 3.05. The van der Waals surface area contributed by atoms with Gasteiger partial charge in [0.15, 0.2) is 5.16 Å². The summed E-state index contributed by atoms with van der Waals surface area (Å²) in [7, 11) is -3.72. The molecule has 3 rings (SSSR count). The number of hydrogen-bond donors (Lipinski definition) is 3. The number of nitrogens with one attached hydrogen (secondary N) is 2. The Labute approximate surface area is 149 Å². The average molecular weight is 376 g/mol. The van der Waals surface area contributed by atoms with Crippen LogP contribution in [0, 0.1) is 13.8 Å². The quantitative estimate of drug-likeness (QED) is 0.591. The van der Waals surface area contributed by atoms with Crippen LogP contribution in [-0.2, 0) is 10.0 Å². The lowest BCUT2D eigenvalue weighted by Gasteiger charge is -2.12. The first-order valence-electron chi connectivity index (χ1n) is 7.31. The Bertz CT molecular complexity index is 985. The molecule has 9 heteroatoms. The van der Waals surface area contributed by atoms with Crippen molar-refractivity contribution in [3.05, 3.63) is 53.9 Å². The third kappa shape index (κ3) is 3.94. The van der Waals surface area contributed by atoms with Crippen LogP contribution in [0.3, 0.4) is 0 Å². The molecule has 0 radical (unpaired) electrons. The molecule has 2 aromatic carbocycles. The Morgan fingerprint density at radius 1 is 1.16 bits per heavy atom. The number of aromatic amines is 1. The van der Waals surface area contributed by atoms with E-state index in [1.165, 1.54) is 6.33 Å². The maximum absolute atomic E-state index is 12.5. The van der Waals surface area contributed by atoms with Crippen LogP contribution < -0.4 is 4.72 Å². The van der Waals surface area contributed by atoms with Gasteiger partial charge in [0.1, 0.15) is 12.1 Å². The summed E-state index contributed by atoms with van der Waals surface area (Å²) in [4.78, 5) is 4.63. The Morgan fingerprint density at radius 2 is 1.88 bits per heavy atom. The van der Waals surface area contributed by atoms with Gasteiger partial charge in [-0.15, -0.1) is 0 Å². The number of phenolic OH excluding ortho intramolecular Hbond substituents is 1. The Morgan fingerprint density at radius 3 is 2.52 bits per heavy atom. The van der Waals surface area contributed by atoms with Crippen LogP contribution in [0.15, 0.2) is 57.7 Å². The molecule has 7 nitrogen and oxygen atoms in total. The van der Waals surface area contributed by atoms with Crippen molar-refractivity contribution in [2.45, 2.75) is 28.8 Å². The maximum atomic E-state index is 12.5. The topological polar surface area (TPSA) is 108 Å². The minimum atomic E-state index is -3.72. The van der Waals surface area contributed by atoms with E-state index >= 15 is 0 Å². The zero-order valence-corrected chi connectivity index (χ0v) is 15.1. The van der Waals surface area contributed by atoms with E-state index in [1.54, 1.807) is 43.3 Å². The van der Waals surface area contributed by atoms with E-state index in [2.05, 4.69) is 19.9 Å². The highest BCUT2D eigenvalue weighted by molar-refractivity contribution is 7.99. The number of aromatic nitrogens is 3. The number of anilines is 1. The van der Waals surface area contributed by atoms with E-state index in [0.717, 1.165) is 17.3 Å². The molecular weight excluding hydrogens is 360 g/mol. The number of aryl methyl sites for hydroxylation is 2. The van der Waals surface area contributed by atoms with E-state index in [1.807, 2.05) is 6.92 Å². The van der Waals surface area contributed by atoms with Crippen LogP contribution in [0.1, 0.15) is 11.1 Å². The van der Waals surface area contributed by atoms with Crippen LogP contribution in [0.25, 0.3) is 0 Å². The van der Waals surface area contributed by atoms with E-state index in [4.69, 9.17) is 0 Å². The summed E-state index contributed by atoms with van der Waals surface area (Å²) >= 11 is 1.16.